The van der Waals surface area contributed by atoms with Crippen LogP contribution in [-0.2, 0) is 0 Å². The molecule has 3 aromatic rings. The number of benzene rings is 2. The third kappa shape index (κ3) is 2.35. The minimum Gasteiger partial charge on any atom is -0.296 e. The van der Waals surface area contributed by atoms with Gasteiger partial charge in [0.1, 0.15) is 16.5 Å². The number of hydrogen-bond acceptors (Lipinski definition) is 3. The molecule has 0 N–H and O–H groups in total. The number of rotatable bonds is 3. The quantitative estimate of drug-likeness (QED) is 0.531. The molecule has 4 nitrogen and oxygen atoms in total. The minimum absolute atomic E-state index is 0.135. The molecule has 1 atom stereocenters. The fourth-order valence-corrected chi connectivity index (χ4v) is 2.92. The number of halogens is 2. The number of carbonyl (C=O) groups excluding carboxylic acids is 1. The maximum atomic E-state index is 13.9. The molecule has 0 aliphatic heterocycles. The maximum absolute atomic E-state index is 13.9. The molecule has 0 saturated heterocycles. The Hall–Kier alpha value is -2.34. The topological polar surface area (TPSA) is 52.0 Å². The Labute approximate surface area is 133 Å². The molecule has 1 aromatic heterocycles. The van der Waals surface area contributed by atoms with Gasteiger partial charge in [-0.3, -0.25) is 9.59 Å². The Bertz CT molecular complexity index is 923. The number of hydrogen-bond donors (Lipinski definition) is 0. The van der Waals surface area contributed by atoms with Gasteiger partial charge >= 0.3 is 0 Å². The van der Waals surface area contributed by atoms with Gasteiger partial charge in [-0.25, -0.2) is 9.07 Å². The predicted octanol–water partition coefficient (Wildman–Crippen LogP) is 3.29. The second kappa shape index (κ2) is 5.81. The van der Waals surface area contributed by atoms with Crippen molar-refractivity contribution in [2.45, 2.75) is 4.95 Å². The number of aldehydes is 1. The smallest absolute Gasteiger partial charge is 0.276 e. The summed E-state index contributed by atoms with van der Waals surface area (Å²) in [6.07, 6.45) is 0.583. The van der Waals surface area contributed by atoms with Gasteiger partial charge in [0.05, 0.1) is 5.39 Å². The van der Waals surface area contributed by atoms with Gasteiger partial charge in [-0.15, -0.1) is 0 Å². The molecule has 110 valence electrons. The van der Waals surface area contributed by atoms with E-state index in [9.17, 15) is 14.0 Å². The summed E-state index contributed by atoms with van der Waals surface area (Å²) in [5.41, 5.74) is 0.00606. The van der Waals surface area contributed by atoms with E-state index in [4.69, 9.17) is 0 Å². The van der Waals surface area contributed by atoms with Crippen LogP contribution in [0.1, 0.15) is 21.0 Å². The van der Waals surface area contributed by atoms with Gasteiger partial charge in [0.25, 0.3) is 5.56 Å². The van der Waals surface area contributed by atoms with Crippen molar-refractivity contribution in [1.29, 1.82) is 0 Å². The van der Waals surface area contributed by atoms with E-state index < -0.39 is 16.3 Å². The molecular formula is C16H10BrFN2O2. The van der Waals surface area contributed by atoms with Crippen molar-refractivity contribution < 1.29 is 9.18 Å². The summed E-state index contributed by atoms with van der Waals surface area (Å²) in [7, 11) is 0. The van der Waals surface area contributed by atoms with Crippen LogP contribution in [0.25, 0.3) is 10.8 Å². The zero-order valence-corrected chi connectivity index (χ0v) is 12.8. The van der Waals surface area contributed by atoms with Crippen molar-refractivity contribution in [3.63, 3.8) is 0 Å². The monoisotopic (exact) mass is 360 g/mol. The van der Waals surface area contributed by atoms with E-state index in [1.54, 1.807) is 42.5 Å². The molecule has 0 aliphatic rings. The molecular weight excluding hydrogens is 351 g/mol. The Morgan fingerprint density at radius 3 is 2.41 bits per heavy atom. The Kier molecular flexibility index (Phi) is 3.85. The van der Waals surface area contributed by atoms with Gasteiger partial charge in [0.15, 0.2) is 6.29 Å². The van der Waals surface area contributed by atoms with Crippen LogP contribution in [0.5, 0.6) is 0 Å². The molecule has 1 heterocycles. The Morgan fingerprint density at radius 2 is 1.73 bits per heavy atom. The standard InChI is InChI=1S/C16H10BrFN2O2/c17-15(12-7-3-4-8-13(12)18)20-16(22)11-6-2-1-5-10(11)14(9-21)19-20/h1-9,15H. The lowest BCUT2D eigenvalue weighted by molar-refractivity contribution is 0.111. The molecule has 6 heteroatoms. The molecule has 0 fully saturated rings. The van der Waals surface area contributed by atoms with Crippen molar-refractivity contribution >= 4 is 33.0 Å². The van der Waals surface area contributed by atoms with Crippen molar-refractivity contribution in [2.75, 3.05) is 0 Å². The van der Waals surface area contributed by atoms with Crippen LogP contribution in [0.2, 0.25) is 0 Å². The summed E-state index contributed by atoms with van der Waals surface area (Å²) in [6.45, 7) is 0. The zero-order chi connectivity index (χ0) is 15.7. The van der Waals surface area contributed by atoms with Crippen LogP contribution in [0, 0.1) is 5.82 Å². The van der Waals surface area contributed by atoms with E-state index in [2.05, 4.69) is 21.0 Å². The number of alkyl halides is 1. The van der Waals surface area contributed by atoms with E-state index >= 15 is 0 Å². The van der Waals surface area contributed by atoms with Crippen molar-refractivity contribution in [1.82, 2.24) is 9.78 Å². The van der Waals surface area contributed by atoms with E-state index in [0.29, 0.717) is 17.1 Å². The van der Waals surface area contributed by atoms with Gasteiger partial charge in [0, 0.05) is 10.9 Å². The van der Waals surface area contributed by atoms with Gasteiger partial charge in [-0.1, -0.05) is 52.3 Å². The molecule has 0 radical (unpaired) electrons. The van der Waals surface area contributed by atoms with Crippen LogP contribution in [0.3, 0.4) is 0 Å². The van der Waals surface area contributed by atoms with E-state index in [-0.39, 0.29) is 11.3 Å². The number of nitrogens with zero attached hydrogens (tertiary/aromatic N) is 2. The summed E-state index contributed by atoms with van der Waals surface area (Å²) in [5.74, 6) is -0.459. The molecule has 2 aromatic carbocycles. The normalized spacial score (nSPS) is 12.3. The summed E-state index contributed by atoms with van der Waals surface area (Å²) in [6, 6.07) is 12.8. The number of aromatic nitrogens is 2. The van der Waals surface area contributed by atoms with E-state index in [1.807, 2.05) is 0 Å². The van der Waals surface area contributed by atoms with E-state index in [0.717, 1.165) is 4.68 Å². The summed E-state index contributed by atoms with van der Waals surface area (Å²) >= 11 is 3.29. The van der Waals surface area contributed by atoms with Gasteiger partial charge in [-0.2, -0.15) is 5.10 Å². The maximum Gasteiger partial charge on any atom is 0.276 e. The van der Waals surface area contributed by atoms with Gasteiger partial charge in [0.2, 0.25) is 0 Å². The molecule has 22 heavy (non-hydrogen) atoms. The third-order valence-electron chi connectivity index (χ3n) is 3.35. The molecule has 0 saturated carbocycles. The lowest BCUT2D eigenvalue weighted by Crippen LogP contribution is -2.27. The number of fused-ring (bicyclic) bond motifs is 1. The molecule has 3 rings (SSSR count). The van der Waals surface area contributed by atoms with Crippen LogP contribution in [0.4, 0.5) is 4.39 Å². The van der Waals surface area contributed by atoms with Crippen molar-refractivity contribution in [3.8, 4) is 0 Å². The first-order valence-corrected chi connectivity index (χ1v) is 7.40. The predicted molar refractivity (Wildman–Crippen MR) is 84.9 cm³/mol. The fraction of sp³-hybridized carbons (Fsp3) is 0.0625. The van der Waals surface area contributed by atoms with Crippen LogP contribution < -0.4 is 5.56 Å². The first-order chi connectivity index (χ1) is 10.6. The highest BCUT2D eigenvalue weighted by molar-refractivity contribution is 9.09. The highest BCUT2D eigenvalue weighted by Gasteiger charge is 2.19. The molecule has 0 bridgehead atoms. The lowest BCUT2D eigenvalue weighted by Gasteiger charge is -2.15. The van der Waals surface area contributed by atoms with Crippen molar-refractivity contribution in [3.05, 3.63) is 76.0 Å². The molecule has 1 unspecified atom stereocenters. The highest BCUT2D eigenvalue weighted by Crippen LogP contribution is 2.26. The van der Waals surface area contributed by atoms with Crippen LogP contribution in [0.15, 0.2) is 53.3 Å². The average molecular weight is 361 g/mol. The second-order valence-electron chi connectivity index (χ2n) is 4.66. The second-order valence-corrected chi connectivity index (χ2v) is 5.52. The molecule has 0 aliphatic carbocycles. The minimum atomic E-state index is -0.801. The van der Waals surface area contributed by atoms with Gasteiger partial charge < -0.3 is 0 Å². The molecule has 0 amide bonds. The number of carbonyl (C=O) groups is 1. The third-order valence-corrected chi connectivity index (χ3v) is 4.23. The summed E-state index contributed by atoms with van der Waals surface area (Å²) in [4.78, 5) is 23.0. The Morgan fingerprint density at radius 1 is 1.09 bits per heavy atom. The summed E-state index contributed by atoms with van der Waals surface area (Å²) < 4.78 is 15.0. The first kappa shape index (κ1) is 14.6. The van der Waals surface area contributed by atoms with Gasteiger partial charge in [-0.05, 0) is 12.1 Å². The lowest BCUT2D eigenvalue weighted by atomic mass is 10.1. The largest absolute Gasteiger partial charge is 0.296 e. The molecule has 0 spiro atoms. The highest BCUT2D eigenvalue weighted by atomic mass is 79.9. The zero-order valence-electron chi connectivity index (χ0n) is 11.2. The van der Waals surface area contributed by atoms with Crippen molar-refractivity contribution in [2.24, 2.45) is 0 Å². The fourth-order valence-electron chi connectivity index (χ4n) is 2.27. The Balaban J connectivity index is 2.28. The van der Waals surface area contributed by atoms with Crippen LogP contribution >= 0.6 is 15.9 Å². The first-order valence-electron chi connectivity index (χ1n) is 6.48. The van der Waals surface area contributed by atoms with Crippen LogP contribution in [-0.4, -0.2) is 16.1 Å². The average Bonchev–Trinajstić information content (AvgIpc) is 2.55. The SMILES string of the molecule is O=Cc1nn(C(Br)c2ccccc2F)c(=O)c2ccccc12. The van der Waals surface area contributed by atoms with E-state index in [1.165, 1.54) is 6.07 Å². The summed E-state index contributed by atoms with van der Waals surface area (Å²) in [5, 5.41) is 4.90.